The smallest absolute Gasteiger partial charge is 0.316 e. The van der Waals surface area contributed by atoms with E-state index in [9.17, 15) is 13.2 Å². The van der Waals surface area contributed by atoms with E-state index in [2.05, 4.69) is 14.9 Å². The van der Waals surface area contributed by atoms with E-state index in [4.69, 9.17) is 9.26 Å². The number of methoxy groups -OCH3 is 1. The topological polar surface area (TPSA) is 115 Å². The third-order valence-corrected chi connectivity index (χ3v) is 6.85. The van der Waals surface area contributed by atoms with Crippen LogP contribution in [-0.2, 0) is 10.0 Å². The minimum absolute atomic E-state index is 0.0645. The van der Waals surface area contributed by atoms with Crippen LogP contribution in [0.2, 0.25) is 0 Å². The highest BCUT2D eigenvalue weighted by Gasteiger charge is 2.25. The Morgan fingerprint density at radius 3 is 2.62 bits per heavy atom. The van der Waals surface area contributed by atoms with Crippen molar-refractivity contribution in [2.24, 2.45) is 0 Å². The predicted molar refractivity (Wildman–Crippen MR) is 118 cm³/mol. The molecule has 1 N–H and O–H groups in total. The summed E-state index contributed by atoms with van der Waals surface area (Å²) in [5, 5.41) is 3.90. The maximum atomic E-state index is 13.1. The predicted octanol–water partition coefficient (Wildman–Crippen LogP) is 3.48. The Morgan fingerprint density at radius 2 is 1.88 bits per heavy atom. The van der Waals surface area contributed by atoms with Crippen molar-refractivity contribution in [1.82, 2.24) is 15.0 Å². The number of piperidine rings is 1. The van der Waals surface area contributed by atoms with Crippen molar-refractivity contribution in [1.29, 1.82) is 0 Å². The van der Waals surface area contributed by atoms with Gasteiger partial charge in [-0.1, -0.05) is 29.4 Å². The van der Waals surface area contributed by atoms with Crippen molar-refractivity contribution in [2.75, 3.05) is 24.9 Å². The van der Waals surface area contributed by atoms with Crippen LogP contribution in [0.25, 0.3) is 11.4 Å². The highest BCUT2D eigenvalue weighted by atomic mass is 32.2. The first-order valence-electron chi connectivity index (χ1n) is 10.3. The maximum absolute atomic E-state index is 13.1. The second-order valence-corrected chi connectivity index (χ2v) is 9.21. The van der Waals surface area contributed by atoms with Gasteiger partial charge in [-0.2, -0.15) is 4.98 Å². The highest BCUT2D eigenvalue weighted by molar-refractivity contribution is 7.92. The van der Waals surface area contributed by atoms with Crippen LogP contribution in [0.1, 0.15) is 35.5 Å². The van der Waals surface area contributed by atoms with E-state index in [1.165, 1.54) is 13.2 Å². The fourth-order valence-electron chi connectivity index (χ4n) is 3.62. The lowest BCUT2D eigenvalue weighted by molar-refractivity contribution is 0.0674. The average Bonchev–Trinajstić information content (AvgIpc) is 3.30. The number of benzene rings is 2. The minimum atomic E-state index is -3.93. The molecule has 168 valence electrons. The molecular formula is C22H24N4O5S. The number of nitrogens with zero attached hydrogens (tertiary/aromatic N) is 3. The van der Waals surface area contributed by atoms with Crippen LogP contribution < -0.4 is 9.46 Å². The number of aryl methyl sites for hydroxylation is 1. The lowest BCUT2D eigenvalue weighted by atomic mass is 10.1. The zero-order valence-corrected chi connectivity index (χ0v) is 18.7. The van der Waals surface area contributed by atoms with Crippen molar-refractivity contribution in [3.05, 3.63) is 53.9 Å². The third-order valence-electron chi connectivity index (χ3n) is 5.34. The maximum Gasteiger partial charge on any atom is 0.316 e. The normalized spacial score (nSPS) is 14.2. The molecule has 1 amide bonds. The zero-order valence-electron chi connectivity index (χ0n) is 17.9. The Labute approximate surface area is 186 Å². The third kappa shape index (κ3) is 4.45. The summed E-state index contributed by atoms with van der Waals surface area (Å²) in [5.74, 6) is 0.156. The summed E-state index contributed by atoms with van der Waals surface area (Å²) >= 11 is 0. The number of rotatable bonds is 6. The molecule has 2 aromatic carbocycles. The van der Waals surface area contributed by atoms with Gasteiger partial charge in [-0.3, -0.25) is 9.52 Å². The van der Waals surface area contributed by atoms with Crippen LogP contribution in [-0.4, -0.2) is 49.6 Å². The Hall–Kier alpha value is -3.40. The Balaban J connectivity index is 1.62. The molecule has 0 saturated carbocycles. The molecule has 1 fully saturated rings. The number of para-hydroxylation sites is 2. The Kier molecular flexibility index (Phi) is 6.13. The molecule has 0 bridgehead atoms. The number of aromatic nitrogens is 2. The molecule has 0 aliphatic carbocycles. The number of nitrogens with one attached hydrogen (secondary N) is 1. The van der Waals surface area contributed by atoms with Gasteiger partial charge in [0.2, 0.25) is 5.82 Å². The Morgan fingerprint density at radius 1 is 1.12 bits per heavy atom. The minimum Gasteiger partial charge on any atom is -0.495 e. The quantitative estimate of drug-likeness (QED) is 0.604. The number of likely N-dealkylation sites (tertiary alicyclic amines) is 1. The number of ether oxygens (including phenoxy) is 1. The van der Waals surface area contributed by atoms with Gasteiger partial charge in [-0.05, 0) is 49.9 Å². The number of hydrogen-bond donors (Lipinski definition) is 1. The molecular weight excluding hydrogens is 432 g/mol. The zero-order chi connectivity index (χ0) is 22.7. The first kappa shape index (κ1) is 21.8. The van der Waals surface area contributed by atoms with E-state index in [-0.39, 0.29) is 22.5 Å². The molecule has 4 rings (SSSR count). The molecule has 0 unspecified atom stereocenters. The molecule has 9 nitrogen and oxygen atoms in total. The lowest BCUT2D eigenvalue weighted by Crippen LogP contribution is -2.35. The molecule has 1 saturated heterocycles. The molecule has 1 aliphatic heterocycles. The number of anilines is 1. The largest absolute Gasteiger partial charge is 0.495 e. The van der Waals surface area contributed by atoms with Gasteiger partial charge < -0.3 is 14.2 Å². The van der Waals surface area contributed by atoms with Crippen molar-refractivity contribution < 1.29 is 22.5 Å². The fraction of sp³-hybridized carbons (Fsp3) is 0.318. The van der Waals surface area contributed by atoms with Crippen LogP contribution in [0.15, 0.2) is 51.9 Å². The van der Waals surface area contributed by atoms with Crippen molar-refractivity contribution in [3.8, 4) is 17.1 Å². The average molecular weight is 457 g/mol. The van der Waals surface area contributed by atoms with Crippen LogP contribution in [0.5, 0.6) is 5.75 Å². The van der Waals surface area contributed by atoms with E-state index in [1.54, 1.807) is 48.2 Å². The summed E-state index contributed by atoms with van der Waals surface area (Å²) < 4.78 is 39.2. The van der Waals surface area contributed by atoms with Gasteiger partial charge in [-0.15, -0.1) is 0 Å². The van der Waals surface area contributed by atoms with Gasteiger partial charge in [0.1, 0.15) is 5.75 Å². The first-order valence-corrected chi connectivity index (χ1v) is 11.8. The standard InChI is InChI=1S/C22H24N4O5S/c1-15-10-11-16(20-23-21(31-24-20)22(27)26-12-6-3-7-13-26)14-19(15)32(28,29)25-17-8-4-5-9-18(17)30-2/h4-5,8-11,14,25H,3,6-7,12-13H2,1-2H3. The van der Waals surface area contributed by atoms with E-state index in [0.29, 0.717) is 35.7 Å². The summed E-state index contributed by atoms with van der Waals surface area (Å²) in [6, 6.07) is 11.6. The van der Waals surface area contributed by atoms with Gasteiger partial charge in [0, 0.05) is 18.7 Å². The molecule has 2 heterocycles. The summed E-state index contributed by atoms with van der Waals surface area (Å²) in [6.45, 7) is 3.03. The van der Waals surface area contributed by atoms with E-state index < -0.39 is 10.0 Å². The van der Waals surface area contributed by atoms with Crippen LogP contribution in [0.3, 0.4) is 0 Å². The summed E-state index contributed by atoms with van der Waals surface area (Å²) in [7, 11) is -2.45. The number of amides is 1. The summed E-state index contributed by atoms with van der Waals surface area (Å²) in [6.07, 6.45) is 3.00. The molecule has 0 spiro atoms. The van der Waals surface area contributed by atoms with E-state index >= 15 is 0 Å². The molecule has 0 atom stereocenters. The Bertz CT molecular complexity index is 1230. The molecule has 3 aromatic rings. The molecule has 32 heavy (non-hydrogen) atoms. The molecule has 10 heteroatoms. The van der Waals surface area contributed by atoms with Crippen molar-refractivity contribution in [3.63, 3.8) is 0 Å². The molecule has 1 aliphatic rings. The lowest BCUT2D eigenvalue weighted by Gasteiger charge is -2.24. The van der Waals surface area contributed by atoms with Gasteiger partial charge in [0.25, 0.3) is 10.0 Å². The summed E-state index contributed by atoms with van der Waals surface area (Å²) in [4.78, 5) is 18.6. The molecule has 0 radical (unpaired) electrons. The van der Waals surface area contributed by atoms with E-state index in [0.717, 1.165) is 19.3 Å². The van der Waals surface area contributed by atoms with Gasteiger partial charge in [-0.25, -0.2) is 8.42 Å². The second kappa shape index (κ2) is 8.99. The first-order chi connectivity index (χ1) is 15.4. The van der Waals surface area contributed by atoms with Gasteiger partial charge in [0.15, 0.2) is 0 Å². The van der Waals surface area contributed by atoms with Crippen LogP contribution in [0.4, 0.5) is 5.69 Å². The van der Waals surface area contributed by atoms with Gasteiger partial charge >= 0.3 is 11.8 Å². The van der Waals surface area contributed by atoms with Crippen LogP contribution >= 0.6 is 0 Å². The van der Waals surface area contributed by atoms with Crippen molar-refractivity contribution >= 4 is 21.6 Å². The fourth-order valence-corrected chi connectivity index (χ4v) is 4.96. The van der Waals surface area contributed by atoms with Crippen molar-refractivity contribution in [2.45, 2.75) is 31.1 Å². The number of carbonyl (C=O) groups excluding carboxylic acids is 1. The highest BCUT2D eigenvalue weighted by Crippen LogP contribution is 2.29. The number of carbonyl (C=O) groups is 1. The number of sulfonamides is 1. The van der Waals surface area contributed by atoms with Gasteiger partial charge in [0.05, 0.1) is 17.7 Å². The summed E-state index contributed by atoms with van der Waals surface area (Å²) in [5.41, 5.74) is 1.30. The van der Waals surface area contributed by atoms with Crippen LogP contribution in [0, 0.1) is 6.92 Å². The van der Waals surface area contributed by atoms with E-state index in [1.807, 2.05) is 0 Å². The number of hydrogen-bond acceptors (Lipinski definition) is 7. The monoisotopic (exact) mass is 456 g/mol. The SMILES string of the molecule is COc1ccccc1NS(=O)(=O)c1cc(-c2noc(C(=O)N3CCCCC3)n2)ccc1C. The molecule has 1 aromatic heterocycles. The second-order valence-electron chi connectivity index (χ2n) is 7.56.